The molecule has 0 saturated carbocycles. The number of amides is 3. The highest BCUT2D eigenvalue weighted by atomic mass is 16.5. The number of carbonyl (C=O) groups excluding carboxylic acids is 2. The highest BCUT2D eigenvalue weighted by Crippen LogP contribution is 2.04. The number of furan rings is 1. The predicted molar refractivity (Wildman–Crippen MR) is 71.0 cm³/mol. The molecular weight excluding hydrogens is 262 g/mol. The Bertz CT molecular complexity index is 438. The van der Waals surface area contributed by atoms with Gasteiger partial charge >= 0.3 is 6.03 Å². The van der Waals surface area contributed by atoms with Crippen LogP contribution in [0, 0.1) is 0 Å². The maximum absolute atomic E-state index is 11.9. The summed E-state index contributed by atoms with van der Waals surface area (Å²) in [5.41, 5.74) is 0. The van der Waals surface area contributed by atoms with Crippen LogP contribution in [0.4, 0.5) is 4.79 Å². The topological polar surface area (TPSA) is 75.0 Å². The summed E-state index contributed by atoms with van der Waals surface area (Å²) in [5, 5.41) is 2.79. The summed E-state index contributed by atoms with van der Waals surface area (Å²) in [5.74, 6) is 0.676. The van der Waals surface area contributed by atoms with Gasteiger partial charge in [-0.05, 0) is 12.1 Å². The predicted octanol–water partition coefficient (Wildman–Crippen LogP) is 0.280. The van der Waals surface area contributed by atoms with Gasteiger partial charge in [0.05, 0.1) is 12.8 Å². The van der Waals surface area contributed by atoms with Gasteiger partial charge in [-0.2, -0.15) is 0 Å². The van der Waals surface area contributed by atoms with Gasteiger partial charge in [0.1, 0.15) is 12.4 Å². The highest BCUT2D eigenvalue weighted by Gasteiger charge is 2.23. The number of urea groups is 1. The Kier molecular flexibility index (Phi) is 5.00. The van der Waals surface area contributed by atoms with E-state index in [2.05, 4.69) is 5.32 Å². The van der Waals surface area contributed by atoms with Crippen molar-refractivity contribution in [3.8, 4) is 0 Å². The standard InChI is InChI=1S/C13H19N3O4/c1-19-10-12(17)15-4-6-16(7-5-15)13(18)14-9-11-3-2-8-20-11/h2-3,8H,4-7,9-10H2,1H3,(H,14,18). The van der Waals surface area contributed by atoms with Gasteiger partial charge in [0.2, 0.25) is 5.91 Å². The summed E-state index contributed by atoms with van der Waals surface area (Å²) in [6.45, 7) is 2.59. The first kappa shape index (κ1) is 14.4. The Hall–Kier alpha value is -2.02. The summed E-state index contributed by atoms with van der Waals surface area (Å²) in [4.78, 5) is 27.0. The molecule has 1 saturated heterocycles. The van der Waals surface area contributed by atoms with E-state index in [1.54, 1.807) is 22.1 Å². The van der Waals surface area contributed by atoms with Crippen molar-refractivity contribution in [2.45, 2.75) is 6.54 Å². The Morgan fingerprint density at radius 2 is 2.00 bits per heavy atom. The molecule has 110 valence electrons. The second kappa shape index (κ2) is 6.95. The van der Waals surface area contributed by atoms with Gasteiger partial charge in [-0.1, -0.05) is 0 Å². The third kappa shape index (κ3) is 3.74. The number of hydrogen-bond acceptors (Lipinski definition) is 4. The van der Waals surface area contributed by atoms with Crippen LogP contribution in [0.15, 0.2) is 22.8 Å². The largest absolute Gasteiger partial charge is 0.467 e. The lowest BCUT2D eigenvalue weighted by atomic mass is 10.3. The fourth-order valence-electron chi connectivity index (χ4n) is 2.06. The van der Waals surface area contributed by atoms with E-state index >= 15 is 0 Å². The fourth-order valence-corrected chi connectivity index (χ4v) is 2.06. The van der Waals surface area contributed by atoms with Crippen LogP contribution in [0.25, 0.3) is 0 Å². The van der Waals surface area contributed by atoms with Crippen molar-refractivity contribution in [3.05, 3.63) is 24.2 Å². The summed E-state index contributed by atoms with van der Waals surface area (Å²) >= 11 is 0. The van der Waals surface area contributed by atoms with Crippen LogP contribution in [0.5, 0.6) is 0 Å². The second-order valence-corrected chi connectivity index (χ2v) is 4.54. The van der Waals surface area contributed by atoms with Gasteiger partial charge in [-0.3, -0.25) is 4.79 Å². The maximum Gasteiger partial charge on any atom is 0.317 e. The average Bonchev–Trinajstić information content (AvgIpc) is 2.98. The zero-order valence-corrected chi connectivity index (χ0v) is 11.5. The Labute approximate surface area is 117 Å². The smallest absolute Gasteiger partial charge is 0.317 e. The Morgan fingerprint density at radius 3 is 2.60 bits per heavy atom. The van der Waals surface area contributed by atoms with Gasteiger partial charge in [-0.25, -0.2) is 4.79 Å². The molecule has 0 unspecified atom stereocenters. The summed E-state index contributed by atoms with van der Waals surface area (Å²) in [6.07, 6.45) is 1.57. The minimum Gasteiger partial charge on any atom is -0.467 e. The molecule has 1 aromatic rings. The van der Waals surface area contributed by atoms with E-state index in [1.165, 1.54) is 7.11 Å². The molecule has 1 fully saturated rings. The van der Waals surface area contributed by atoms with E-state index in [0.717, 1.165) is 0 Å². The molecule has 0 bridgehead atoms. The molecule has 1 aliphatic heterocycles. The number of carbonyl (C=O) groups is 2. The van der Waals surface area contributed by atoms with E-state index in [9.17, 15) is 9.59 Å². The number of hydrogen-bond donors (Lipinski definition) is 1. The first-order chi connectivity index (χ1) is 9.70. The van der Waals surface area contributed by atoms with Gasteiger partial charge in [-0.15, -0.1) is 0 Å². The average molecular weight is 281 g/mol. The quantitative estimate of drug-likeness (QED) is 0.860. The molecule has 1 aromatic heterocycles. The third-order valence-corrected chi connectivity index (χ3v) is 3.18. The molecule has 0 atom stereocenters. The van der Waals surface area contributed by atoms with Crippen molar-refractivity contribution in [1.82, 2.24) is 15.1 Å². The minimum absolute atomic E-state index is 0.0388. The van der Waals surface area contributed by atoms with E-state index in [1.807, 2.05) is 6.07 Å². The molecule has 1 N–H and O–H groups in total. The van der Waals surface area contributed by atoms with Crippen LogP contribution >= 0.6 is 0 Å². The van der Waals surface area contributed by atoms with Gasteiger partial charge in [0, 0.05) is 33.3 Å². The second-order valence-electron chi connectivity index (χ2n) is 4.54. The van der Waals surface area contributed by atoms with E-state index in [-0.39, 0.29) is 18.5 Å². The van der Waals surface area contributed by atoms with Crippen LogP contribution in [0.2, 0.25) is 0 Å². The van der Waals surface area contributed by atoms with E-state index < -0.39 is 0 Å². The van der Waals surface area contributed by atoms with Crippen molar-refractivity contribution in [3.63, 3.8) is 0 Å². The van der Waals surface area contributed by atoms with E-state index in [0.29, 0.717) is 38.5 Å². The van der Waals surface area contributed by atoms with Crippen molar-refractivity contribution < 1.29 is 18.7 Å². The molecule has 7 nitrogen and oxygen atoms in total. The zero-order chi connectivity index (χ0) is 14.4. The summed E-state index contributed by atoms with van der Waals surface area (Å²) < 4.78 is 9.96. The van der Waals surface area contributed by atoms with Crippen LogP contribution < -0.4 is 5.32 Å². The summed E-state index contributed by atoms with van der Waals surface area (Å²) in [7, 11) is 1.50. The van der Waals surface area contributed by atoms with Gasteiger partial charge in [0.25, 0.3) is 0 Å². The molecule has 3 amide bonds. The third-order valence-electron chi connectivity index (χ3n) is 3.18. The minimum atomic E-state index is -0.139. The normalized spacial score (nSPS) is 15.2. The number of piperazine rings is 1. The molecule has 0 aromatic carbocycles. The van der Waals surface area contributed by atoms with Crippen molar-refractivity contribution in [2.75, 3.05) is 39.9 Å². The highest BCUT2D eigenvalue weighted by molar-refractivity contribution is 5.78. The number of nitrogens with zero attached hydrogens (tertiary/aromatic N) is 2. The molecule has 2 rings (SSSR count). The zero-order valence-electron chi connectivity index (χ0n) is 11.5. The monoisotopic (exact) mass is 281 g/mol. The number of rotatable bonds is 4. The first-order valence-electron chi connectivity index (χ1n) is 6.52. The molecule has 0 spiro atoms. The van der Waals surface area contributed by atoms with Crippen LogP contribution in [-0.2, 0) is 16.1 Å². The van der Waals surface area contributed by atoms with Gasteiger partial charge in [0.15, 0.2) is 0 Å². The molecule has 20 heavy (non-hydrogen) atoms. The number of ether oxygens (including phenoxy) is 1. The van der Waals surface area contributed by atoms with Crippen molar-refractivity contribution in [2.24, 2.45) is 0 Å². The summed E-state index contributed by atoms with van der Waals surface area (Å²) in [6, 6.07) is 3.45. The fraction of sp³-hybridized carbons (Fsp3) is 0.538. The lowest BCUT2D eigenvalue weighted by Gasteiger charge is -2.34. The van der Waals surface area contributed by atoms with E-state index in [4.69, 9.17) is 9.15 Å². The van der Waals surface area contributed by atoms with Gasteiger partial charge < -0.3 is 24.3 Å². The molecule has 0 radical (unpaired) electrons. The molecule has 2 heterocycles. The first-order valence-corrected chi connectivity index (χ1v) is 6.52. The Morgan fingerprint density at radius 1 is 1.30 bits per heavy atom. The molecule has 0 aliphatic carbocycles. The van der Waals surface area contributed by atoms with Crippen molar-refractivity contribution >= 4 is 11.9 Å². The molecule has 7 heteroatoms. The molecule has 1 aliphatic rings. The SMILES string of the molecule is COCC(=O)N1CCN(C(=O)NCc2ccco2)CC1. The van der Waals surface area contributed by atoms with Crippen molar-refractivity contribution in [1.29, 1.82) is 0 Å². The Balaban J connectivity index is 1.73. The van der Waals surface area contributed by atoms with Crippen LogP contribution in [-0.4, -0.2) is 61.6 Å². The lowest BCUT2D eigenvalue weighted by Crippen LogP contribution is -2.53. The van der Waals surface area contributed by atoms with Crippen LogP contribution in [0.3, 0.4) is 0 Å². The lowest BCUT2D eigenvalue weighted by molar-refractivity contribution is -0.136. The molecular formula is C13H19N3O4. The maximum atomic E-state index is 11.9. The van der Waals surface area contributed by atoms with Crippen LogP contribution in [0.1, 0.15) is 5.76 Å². The number of methoxy groups -OCH3 is 1. The number of nitrogens with one attached hydrogen (secondary N) is 1.